The Kier molecular flexibility index (Phi) is 14.7. The summed E-state index contributed by atoms with van der Waals surface area (Å²) in [6.07, 6.45) is 5.69. The van der Waals surface area contributed by atoms with E-state index in [2.05, 4.69) is 364 Å². The molecule has 0 bridgehead atoms. The summed E-state index contributed by atoms with van der Waals surface area (Å²) in [5.74, 6) is 0. The van der Waals surface area contributed by atoms with Crippen molar-refractivity contribution in [3.8, 4) is 101 Å². The summed E-state index contributed by atoms with van der Waals surface area (Å²) in [7, 11) is 0. The standard InChI is InChI=1S/C110H64N6/c1-4-20-71-57-77(41-34-65(71)17-1)103-85-29-10-8-27-83(85)102(84-28-9-11-30-86(84)103)69-39-37-68(38-40-69)101-63-94(92-48-44-70-25-16-55-112-107(70)110(92)116-101)74-23-15-24-75(60-74)99-52-49-91-82-54-56-111-64-97(82)109-93(108(91)114-99)50-53-100(115-109)95-62-80-46-51-98(113-106(80)90-33-14-7-26-81(90)95)76-45-47-89-96(61-76)105(79-43-36-67-19-3-6-22-73(67)59-79)88-32-13-12-31-87(88)104(89)78-42-35-66-18-2-5-21-72(66)58-78/h1-64H. The van der Waals surface area contributed by atoms with E-state index in [9.17, 15) is 0 Å². The molecule has 0 N–H and O–H groups in total. The van der Waals surface area contributed by atoms with Crippen molar-refractivity contribution in [3.63, 3.8) is 0 Å². The second-order valence-electron chi connectivity index (χ2n) is 30.7. The van der Waals surface area contributed by atoms with Crippen molar-refractivity contribution < 1.29 is 0 Å². The lowest BCUT2D eigenvalue weighted by Gasteiger charge is -2.19. The van der Waals surface area contributed by atoms with Crippen LogP contribution in [0.25, 0.3) is 252 Å². The third-order valence-electron chi connectivity index (χ3n) is 24.2. The monoisotopic (exact) mass is 1470 g/mol. The van der Waals surface area contributed by atoms with Gasteiger partial charge < -0.3 is 0 Å². The van der Waals surface area contributed by atoms with Crippen LogP contribution in [-0.4, -0.2) is 29.9 Å². The summed E-state index contributed by atoms with van der Waals surface area (Å²) in [5, 5.41) is 26.2. The Balaban J connectivity index is 0.602. The van der Waals surface area contributed by atoms with Crippen LogP contribution >= 0.6 is 0 Å². The molecule has 0 spiro atoms. The minimum Gasteiger partial charge on any atom is -0.264 e. The molecule has 0 unspecified atom stereocenters. The molecule has 18 aromatic carbocycles. The Bertz CT molecular complexity index is 8300. The first kappa shape index (κ1) is 65.2. The second-order valence-corrected chi connectivity index (χ2v) is 30.7. The van der Waals surface area contributed by atoms with Crippen LogP contribution in [0.15, 0.2) is 389 Å². The molecule has 0 saturated heterocycles. The number of pyridine rings is 6. The van der Waals surface area contributed by atoms with Gasteiger partial charge in [-0.2, -0.15) is 0 Å². The SMILES string of the molecule is c1cc(-c2ccc3c4ccncc4c4nc(-c5cc6ccc(-c7ccc8c(-c9ccc%10ccccc%10c9)c9ccccc9c(-c9ccc%10ccccc%10c9)c8c7)nc6c6ccccc56)ccc4c3n2)cc(-c2cc(-c3ccc(-c4c5ccccc5c(-c5ccc6ccccc6c5)c5ccccc45)cc3)nc3c2ccc2cccnc23)c1. The minimum absolute atomic E-state index is 0.839. The third-order valence-corrected chi connectivity index (χ3v) is 24.2. The van der Waals surface area contributed by atoms with E-state index in [-0.39, 0.29) is 0 Å². The van der Waals surface area contributed by atoms with Crippen molar-refractivity contribution in [3.05, 3.63) is 389 Å². The number of hydrogen-bond acceptors (Lipinski definition) is 6. The van der Waals surface area contributed by atoms with E-state index in [4.69, 9.17) is 29.9 Å². The molecule has 0 aliphatic rings. The second kappa shape index (κ2) is 26.1. The van der Waals surface area contributed by atoms with Crippen LogP contribution in [0, 0.1) is 0 Å². The number of rotatable bonds is 9. The average Bonchev–Trinajstić information content (AvgIpc) is 0.737. The van der Waals surface area contributed by atoms with Gasteiger partial charge in [0, 0.05) is 78.5 Å². The highest BCUT2D eigenvalue weighted by atomic mass is 14.8. The Morgan fingerprint density at radius 1 is 0.155 bits per heavy atom. The molecule has 0 amide bonds. The maximum absolute atomic E-state index is 5.68. The van der Waals surface area contributed by atoms with Crippen molar-refractivity contribution in [2.24, 2.45) is 0 Å². The lowest BCUT2D eigenvalue weighted by atomic mass is 9.84. The summed E-state index contributed by atoms with van der Waals surface area (Å²) in [6, 6.07) is 135. The van der Waals surface area contributed by atoms with Crippen molar-refractivity contribution in [1.29, 1.82) is 0 Å². The van der Waals surface area contributed by atoms with Gasteiger partial charge in [-0.05, 0) is 227 Å². The minimum atomic E-state index is 0.839. The molecule has 0 aliphatic heterocycles. The Hall–Kier alpha value is -15.5. The smallest absolute Gasteiger partial charge is 0.0978 e. The van der Waals surface area contributed by atoms with E-state index in [1.165, 1.54) is 114 Å². The van der Waals surface area contributed by atoms with Crippen molar-refractivity contribution in [2.45, 2.75) is 0 Å². The number of fused-ring (bicyclic) bond motifs is 19. The quantitative estimate of drug-likeness (QED) is 0.106. The van der Waals surface area contributed by atoms with Gasteiger partial charge in [-0.3, -0.25) is 9.97 Å². The van der Waals surface area contributed by atoms with Crippen molar-refractivity contribution >= 4 is 151 Å². The first-order chi connectivity index (χ1) is 57.5. The summed E-state index contributed by atoms with van der Waals surface area (Å²) in [6.45, 7) is 0. The molecule has 0 atom stereocenters. The van der Waals surface area contributed by atoms with Gasteiger partial charge in [0.2, 0.25) is 0 Å². The molecule has 0 aliphatic carbocycles. The highest BCUT2D eigenvalue weighted by Crippen LogP contribution is 2.50. The lowest BCUT2D eigenvalue weighted by molar-refractivity contribution is 1.35. The topological polar surface area (TPSA) is 77.3 Å². The number of aromatic nitrogens is 6. The molecule has 6 heteroatoms. The molecule has 534 valence electrons. The molecule has 24 rings (SSSR count). The molecule has 6 heterocycles. The Morgan fingerprint density at radius 3 is 1.22 bits per heavy atom. The number of benzene rings is 18. The van der Waals surface area contributed by atoms with Gasteiger partial charge in [0.25, 0.3) is 0 Å². The van der Waals surface area contributed by atoms with Crippen molar-refractivity contribution in [2.75, 3.05) is 0 Å². The van der Waals surface area contributed by atoms with Crippen LogP contribution in [-0.2, 0) is 0 Å². The van der Waals surface area contributed by atoms with Crippen LogP contribution in [0.3, 0.4) is 0 Å². The van der Waals surface area contributed by atoms with Crippen molar-refractivity contribution in [1.82, 2.24) is 29.9 Å². The molecule has 6 aromatic heterocycles. The van der Waals surface area contributed by atoms with E-state index >= 15 is 0 Å². The van der Waals surface area contributed by atoms with Crippen LogP contribution in [0.1, 0.15) is 0 Å². The van der Waals surface area contributed by atoms with E-state index in [1.807, 2.05) is 24.7 Å². The van der Waals surface area contributed by atoms with Gasteiger partial charge in [-0.1, -0.05) is 285 Å². The number of nitrogens with zero attached hydrogens (tertiary/aromatic N) is 6. The molecule has 24 aromatic rings. The maximum atomic E-state index is 5.68. The Morgan fingerprint density at radius 2 is 0.578 bits per heavy atom. The zero-order chi connectivity index (χ0) is 76.1. The molecular formula is C110H64N6. The summed E-state index contributed by atoms with van der Waals surface area (Å²) in [4.78, 5) is 32.2. The zero-order valence-corrected chi connectivity index (χ0v) is 62.6. The van der Waals surface area contributed by atoms with Gasteiger partial charge in [-0.15, -0.1) is 0 Å². The number of hydrogen-bond donors (Lipinski definition) is 0. The van der Waals surface area contributed by atoms with Crippen LogP contribution in [0.4, 0.5) is 0 Å². The first-order valence-electron chi connectivity index (χ1n) is 39.6. The van der Waals surface area contributed by atoms with Crippen LogP contribution in [0.2, 0.25) is 0 Å². The fourth-order valence-electron chi connectivity index (χ4n) is 18.8. The molecule has 0 radical (unpaired) electrons. The van der Waals surface area contributed by atoms with Crippen LogP contribution < -0.4 is 0 Å². The van der Waals surface area contributed by atoms with Gasteiger partial charge in [0.15, 0.2) is 0 Å². The fourth-order valence-corrected chi connectivity index (χ4v) is 18.8. The lowest BCUT2D eigenvalue weighted by Crippen LogP contribution is -1.95. The van der Waals surface area contributed by atoms with Gasteiger partial charge in [0.1, 0.15) is 0 Å². The highest BCUT2D eigenvalue weighted by Gasteiger charge is 2.24. The zero-order valence-electron chi connectivity index (χ0n) is 62.6. The van der Waals surface area contributed by atoms with Gasteiger partial charge >= 0.3 is 0 Å². The summed E-state index contributed by atoms with van der Waals surface area (Å²) in [5.41, 5.74) is 23.6. The third kappa shape index (κ3) is 10.4. The highest BCUT2D eigenvalue weighted by molar-refractivity contribution is 6.26. The normalized spacial score (nSPS) is 12.0. The predicted octanol–water partition coefficient (Wildman–Crippen LogP) is 29.2. The molecule has 6 nitrogen and oxygen atoms in total. The van der Waals surface area contributed by atoms with E-state index in [0.29, 0.717) is 0 Å². The molecule has 0 saturated carbocycles. The van der Waals surface area contributed by atoms with E-state index < -0.39 is 0 Å². The summed E-state index contributed by atoms with van der Waals surface area (Å²) >= 11 is 0. The fraction of sp³-hybridized carbons (Fsp3) is 0. The largest absolute Gasteiger partial charge is 0.264 e. The Labute approximate surface area is 666 Å². The molecular weight excluding hydrogens is 1410 g/mol. The van der Waals surface area contributed by atoms with Gasteiger partial charge in [0.05, 0.1) is 50.4 Å². The van der Waals surface area contributed by atoms with E-state index in [0.717, 1.165) is 138 Å². The molecule has 0 fully saturated rings. The maximum Gasteiger partial charge on any atom is 0.0978 e. The summed E-state index contributed by atoms with van der Waals surface area (Å²) < 4.78 is 0. The van der Waals surface area contributed by atoms with E-state index in [1.54, 1.807) is 0 Å². The van der Waals surface area contributed by atoms with Crippen LogP contribution in [0.5, 0.6) is 0 Å². The first-order valence-corrected chi connectivity index (χ1v) is 39.6. The predicted molar refractivity (Wildman–Crippen MR) is 487 cm³/mol. The van der Waals surface area contributed by atoms with Gasteiger partial charge in [-0.25, -0.2) is 19.9 Å². The average molecular weight is 1470 g/mol. The molecule has 116 heavy (non-hydrogen) atoms.